The van der Waals surface area contributed by atoms with Gasteiger partial charge in [0.1, 0.15) is 0 Å². The second kappa shape index (κ2) is 6.16. The lowest BCUT2D eigenvalue weighted by Gasteiger charge is -2.16. The number of amides is 1. The summed E-state index contributed by atoms with van der Waals surface area (Å²) in [6.45, 7) is 1.86. The molecule has 2 aromatic carbocycles. The van der Waals surface area contributed by atoms with Crippen LogP contribution in [0.1, 0.15) is 28.9 Å². The molecule has 0 saturated heterocycles. The Labute approximate surface area is 127 Å². The van der Waals surface area contributed by atoms with E-state index in [4.69, 9.17) is 28.9 Å². The molecule has 0 aliphatic carbocycles. The Morgan fingerprint density at radius 2 is 1.90 bits per heavy atom. The van der Waals surface area contributed by atoms with Crippen LogP contribution in [0, 0.1) is 0 Å². The van der Waals surface area contributed by atoms with Gasteiger partial charge < -0.3 is 11.1 Å². The summed E-state index contributed by atoms with van der Waals surface area (Å²) in [5, 5.41) is 3.94. The fourth-order valence-corrected chi connectivity index (χ4v) is 2.38. The monoisotopic (exact) mass is 308 g/mol. The first kappa shape index (κ1) is 14.7. The second-order valence-electron chi connectivity index (χ2n) is 4.45. The molecule has 1 atom stereocenters. The quantitative estimate of drug-likeness (QED) is 0.840. The maximum atomic E-state index is 12.2. The summed E-state index contributed by atoms with van der Waals surface area (Å²) in [6, 6.07) is 11.9. The minimum Gasteiger partial charge on any atom is -0.398 e. The van der Waals surface area contributed by atoms with E-state index in [2.05, 4.69) is 5.32 Å². The first-order valence-corrected chi connectivity index (χ1v) is 6.85. The molecule has 0 bridgehead atoms. The van der Waals surface area contributed by atoms with Crippen LogP contribution in [0.3, 0.4) is 0 Å². The Hall–Kier alpha value is -1.71. The van der Waals surface area contributed by atoms with E-state index in [0.29, 0.717) is 21.3 Å². The number of halogens is 2. The summed E-state index contributed by atoms with van der Waals surface area (Å²) in [6.07, 6.45) is 0. The third-order valence-electron chi connectivity index (χ3n) is 2.98. The number of rotatable bonds is 3. The number of carbonyl (C=O) groups is 1. The van der Waals surface area contributed by atoms with Crippen LogP contribution < -0.4 is 11.1 Å². The molecular weight excluding hydrogens is 295 g/mol. The van der Waals surface area contributed by atoms with E-state index in [0.717, 1.165) is 5.56 Å². The van der Waals surface area contributed by atoms with Crippen LogP contribution in [0.25, 0.3) is 0 Å². The Morgan fingerprint density at radius 1 is 1.20 bits per heavy atom. The fraction of sp³-hybridized carbons (Fsp3) is 0.133. The number of nitrogens with one attached hydrogen (secondary N) is 1. The van der Waals surface area contributed by atoms with E-state index >= 15 is 0 Å². The molecular formula is C15H14Cl2N2O. The van der Waals surface area contributed by atoms with E-state index in [1.807, 2.05) is 25.1 Å². The van der Waals surface area contributed by atoms with Crippen molar-refractivity contribution in [3.05, 3.63) is 63.6 Å². The molecule has 0 aliphatic heterocycles. The Morgan fingerprint density at radius 3 is 2.60 bits per heavy atom. The number of anilines is 1. The summed E-state index contributed by atoms with van der Waals surface area (Å²) in [5.74, 6) is -0.280. The molecule has 3 nitrogen and oxygen atoms in total. The Bertz CT molecular complexity index is 644. The lowest BCUT2D eigenvalue weighted by molar-refractivity contribution is 0.0941. The third kappa shape index (κ3) is 3.24. The predicted octanol–water partition coefficient (Wildman–Crippen LogP) is 4.07. The van der Waals surface area contributed by atoms with Crippen LogP contribution in [0.4, 0.5) is 5.69 Å². The highest BCUT2D eigenvalue weighted by atomic mass is 35.5. The molecule has 1 unspecified atom stereocenters. The Kier molecular flexibility index (Phi) is 4.53. The van der Waals surface area contributed by atoms with Gasteiger partial charge in [-0.25, -0.2) is 0 Å². The maximum absolute atomic E-state index is 12.2. The van der Waals surface area contributed by atoms with Crippen LogP contribution in [0.15, 0.2) is 42.5 Å². The molecule has 2 rings (SSSR count). The zero-order valence-corrected chi connectivity index (χ0v) is 12.4. The number of hydrogen-bond donors (Lipinski definition) is 2. The fourth-order valence-electron chi connectivity index (χ4n) is 1.90. The normalized spacial score (nSPS) is 11.9. The van der Waals surface area contributed by atoms with Crippen LogP contribution in [0.5, 0.6) is 0 Å². The topological polar surface area (TPSA) is 55.1 Å². The first-order valence-electron chi connectivity index (χ1n) is 6.09. The van der Waals surface area contributed by atoms with Gasteiger partial charge in [0.15, 0.2) is 0 Å². The molecule has 0 heterocycles. The van der Waals surface area contributed by atoms with Crippen molar-refractivity contribution in [1.82, 2.24) is 5.32 Å². The van der Waals surface area contributed by atoms with Gasteiger partial charge in [-0.2, -0.15) is 0 Å². The molecule has 2 aromatic rings. The van der Waals surface area contributed by atoms with Gasteiger partial charge in [-0.15, -0.1) is 0 Å². The summed E-state index contributed by atoms with van der Waals surface area (Å²) in [7, 11) is 0. The second-order valence-corrected chi connectivity index (χ2v) is 5.29. The molecule has 104 valence electrons. The van der Waals surface area contributed by atoms with Crippen molar-refractivity contribution in [2.45, 2.75) is 13.0 Å². The Balaban J connectivity index is 2.20. The van der Waals surface area contributed by atoms with Crippen molar-refractivity contribution in [3.63, 3.8) is 0 Å². The molecule has 0 radical (unpaired) electrons. The highest BCUT2D eigenvalue weighted by Gasteiger charge is 2.15. The average molecular weight is 309 g/mol. The van der Waals surface area contributed by atoms with E-state index in [1.165, 1.54) is 0 Å². The van der Waals surface area contributed by atoms with Crippen LogP contribution in [0.2, 0.25) is 10.0 Å². The standard InChI is InChI=1S/C15H14Cl2N2O/c1-9(11-4-2-3-5-13(11)17)19-15(20)12-8-10(16)6-7-14(12)18/h2-9H,18H2,1H3,(H,19,20). The minimum absolute atomic E-state index is 0.227. The van der Waals surface area contributed by atoms with Crippen LogP contribution in [-0.2, 0) is 0 Å². The average Bonchev–Trinajstić information content (AvgIpc) is 2.41. The third-order valence-corrected chi connectivity index (χ3v) is 3.56. The van der Waals surface area contributed by atoms with Gasteiger partial charge in [0, 0.05) is 15.7 Å². The molecule has 0 aliphatic rings. The molecule has 20 heavy (non-hydrogen) atoms. The molecule has 5 heteroatoms. The van der Waals surface area contributed by atoms with Gasteiger partial charge in [0.05, 0.1) is 11.6 Å². The van der Waals surface area contributed by atoms with Gasteiger partial charge in [-0.1, -0.05) is 41.4 Å². The van der Waals surface area contributed by atoms with Crippen LogP contribution in [-0.4, -0.2) is 5.91 Å². The summed E-state index contributed by atoms with van der Waals surface area (Å²) >= 11 is 12.0. The zero-order chi connectivity index (χ0) is 14.7. The first-order chi connectivity index (χ1) is 9.49. The van der Waals surface area contributed by atoms with Crippen molar-refractivity contribution in [1.29, 1.82) is 0 Å². The van der Waals surface area contributed by atoms with Crippen molar-refractivity contribution in [2.75, 3.05) is 5.73 Å². The molecule has 0 fully saturated rings. The smallest absolute Gasteiger partial charge is 0.253 e. The van der Waals surface area contributed by atoms with E-state index in [1.54, 1.807) is 24.3 Å². The van der Waals surface area contributed by atoms with Gasteiger partial charge in [-0.3, -0.25) is 4.79 Å². The minimum atomic E-state index is -0.280. The molecule has 0 saturated carbocycles. The van der Waals surface area contributed by atoms with Gasteiger partial charge in [-0.05, 0) is 36.8 Å². The number of hydrogen-bond acceptors (Lipinski definition) is 2. The maximum Gasteiger partial charge on any atom is 0.253 e. The van der Waals surface area contributed by atoms with Crippen molar-refractivity contribution in [2.24, 2.45) is 0 Å². The van der Waals surface area contributed by atoms with E-state index in [9.17, 15) is 4.79 Å². The van der Waals surface area contributed by atoms with Crippen LogP contribution >= 0.6 is 23.2 Å². The van der Waals surface area contributed by atoms with Gasteiger partial charge >= 0.3 is 0 Å². The SMILES string of the molecule is CC(NC(=O)c1cc(Cl)ccc1N)c1ccccc1Cl. The molecule has 3 N–H and O–H groups in total. The van der Waals surface area contributed by atoms with Crippen molar-refractivity contribution >= 4 is 34.8 Å². The lowest BCUT2D eigenvalue weighted by Crippen LogP contribution is -2.27. The van der Waals surface area contributed by atoms with E-state index < -0.39 is 0 Å². The van der Waals surface area contributed by atoms with Crippen molar-refractivity contribution in [3.8, 4) is 0 Å². The molecule has 0 aromatic heterocycles. The number of carbonyl (C=O) groups excluding carboxylic acids is 1. The van der Waals surface area contributed by atoms with Crippen molar-refractivity contribution < 1.29 is 4.79 Å². The van der Waals surface area contributed by atoms with Gasteiger partial charge in [0.2, 0.25) is 0 Å². The number of benzene rings is 2. The molecule has 0 spiro atoms. The highest BCUT2D eigenvalue weighted by Crippen LogP contribution is 2.23. The summed E-state index contributed by atoms with van der Waals surface area (Å²) in [4.78, 5) is 12.2. The van der Waals surface area contributed by atoms with Gasteiger partial charge in [0.25, 0.3) is 5.91 Å². The predicted molar refractivity (Wildman–Crippen MR) is 83.2 cm³/mol. The zero-order valence-electron chi connectivity index (χ0n) is 10.9. The lowest BCUT2D eigenvalue weighted by atomic mass is 10.1. The summed E-state index contributed by atoms with van der Waals surface area (Å²) in [5.41, 5.74) is 7.38. The summed E-state index contributed by atoms with van der Waals surface area (Å²) < 4.78 is 0. The highest BCUT2D eigenvalue weighted by molar-refractivity contribution is 6.31. The number of nitrogens with two attached hydrogens (primary N) is 1. The van der Waals surface area contributed by atoms with E-state index in [-0.39, 0.29) is 11.9 Å². The number of nitrogen functional groups attached to an aromatic ring is 1. The largest absolute Gasteiger partial charge is 0.398 e. The molecule has 1 amide bonds.